The van der Waals surface area contributed by atoms with Crippen molar-refractivity contribution in [2.75, 3.05) is 18.4 Å². The maximum atomic E-state index is 13.1. The number of anilines is 1. The van der Waals surface area contributed by atoms with Crippen molar-refractivity contribution in [3.63, 3.8) is 0 Å². The number of nitro groups is 1. The number of sulfonamides is 1. The van der Waals surface area contributed by atoms with Crippen LogP contribution < -0.4 is 5.32 Å². The first-order chi connectivity index (χ1) is 16.2. The van der Waals surface area contributed by atoms with E-state index in [4.69, 9.17) is 4.52 Å². The van der Waals surface area contributed by atoms with Crippen LogP contribution in [0.1, 0.15) is 24.3 Å². The third-order valence-electron chi connectivity index (χ3n) is 5.78. The predicted octanol–water partition coefficient (Wildman–Crippen LogP) is 3.30. The first-order valence-electron chi connectivity index (χ1n) is 10.6. The number of non-ortho nitro benzene ring substituents is 1. The Morgan fingerprint density at radius 1 is 1.18 bits per heavy atom. The van der Waals surface area contributed by atoms with E-state index in [1.807, 2.05) is 0 Å². The molecular formula is C22H23N5O6S. The normalized spacial score (nSPS) is 15.2. The van der Waals surface area contributed by atoms with Crippen molar-refractivity contribution in [1.29, 1.82) is 0 Å². The standard InChI is InChI=1S/C22H23N5O6S/c1-14-7-8-17(27(29)30)13-20(14)34(31,32)26-11-9-16(10-12-26)22(28)24-19-6-4-3-5-18(19)21-23-15(2)33-25-21/h3-8,13,16H,9-12H2,1-2H3,(H,24,28). The van der Waals surface area contributed by atoms with Crippen molar-refractivity contribution in [3.8, 4) is 11.4 Å². The van der Waals surface area contributed by atoms with E-state index >= 15 is 0 Å². The number of para-hydroxylation sites is 1. The minimum absolute atomic E-state index is 0.0889. The van der Waals surface area contributed by atoms with Crippen molar-refractivity contribution in [2.45, 2.75) is 31.6 Å². The molecule has 0 saturated carbocycles. The molecule has 1 saturated heterocycles. The average molecular weight is 486 g/mol. The summed E-state index contributed by atoms with van der Waals surface area (Å²) < 4.78 is 32.6. The Morgan fingerprint density at radius 2 is 1.88 bits per heavy atom. The molecule has 0 unspecified atom stereocenters. The van der Waals surface area contributed by atoms with Gasteiger partial charge in [-0.15, -0.1) is 0 Å². The zero-order valence-corrected chi connectivity index (χ0v) is 19.4. The van der Waals surface area contributed by atoms with Crippen LogP contribution in [0.3, 0.4) is 0 Å². The lowest BCUT2D eigenvalue weighted by Gasteiger charge is -2.31. The Bertz CT molecular complexity index is 1350. The van der Waals surface area contributed by atoms with Gasteiger partial charge in [0, 0.05) is 43.6 Å². The molecule has 0 spiro atoms. The van der Waals surface area contributed by atoms with E-state index in [0.29, 0.717) is 41.4 Å². The van der Waals surface area contributed by atoms with Crippen molar-refractivity contribution in [3.05, 3.63) is 64.0 Å². The Labute approximate surface area is 196 Å². The Kier molecular flexibility index (Phi) is 6.44. The molecule has 34 heavy (non-hydrogen) atoms. The van der Waals surface area contributed by atoms with Crippen LogP contribution in [-0.4, -0.2) is 46.8 Å². The van der Waals surface area contributed by atoms with Crippen LogP contribution >= 0.6 is 0 Å². The number of carbonyl (C=O) groups excluding carboxylic acids is 1. The van der Waals surface area contributed by atoms with E-state index in [1.165, 1.54) is 16.4 Å². The van der Waals surface area contributed by atoms with Crippen LogP contribution in [0.4, 0.5) is 11.4 Å². The minimum atomic E-state index is -3.93. The van der Waals surface area contributed by atoms with Gasteiger partial charge in [-0.3, -0.25) is 14.9 Å². The topological polar surface area (TPSA) is 149 Å². The summed E-state index contributed by atoms with van der Waals surface area (Å²) in [6.45, 7) is 3.54. The molecule has 3 aromatic rings. The fraction of sp³-hybridized carbons (Fsp3) is 0.318. The Hall–Kier alpha value is -3.64. The third kappa shape index (κ3) is 4.68. The molecule has 0 bridgehead atoms. The highest BCUT2D eigenvalue weighted by atomic mass is 32.2. The number of aromatic nitrogens is 2. The lowest BCUT2D eigenvalue weighted by Crippen LogP contribution is -2.41. The smallest absolute Gasteiger partial charge is 0.270 e. The molecule has 0 atom stereocenters. The molecular weight excluding hydrogens is 462 g/mol. The van der Waals surface area contributed by atoms with Gasteiger partial charge in [-0.2, -0.15) is 9.29 Å². The summed E-state index contributed by atoms with van der Waals surface area (Å²) in [6.07, 6.45) is 0.644. The van der Waals surface area contributed by atoms with Crippen molar-refractivity contribution >= 4 is 27.3 Å². The van der Waals surface area contributed by atoms with Gasteiger partial charge in [-0.1, -0.05) is 23.4 Å². The van der Waals surface area contributed by atoms with Crippen LogP contribution in [0, 0.1) is 29.9 Å². The molecule has 1 aromatic heterocycles. The second-order valence-corrected chi connectivity index (χ2v) is 9.96. The maximum Gasteiger partial charge on any atom is 0.270 e. The summed E-state index contributed by atoms with van der Waals surface area (Å²) in [5.74, 6) is 0.152. The van der Waals surface area contributed by atoms with Gasteiger partial charge < -0.3 is 9.84 Å². The quantitative estimate of drug-likeness (QED) is 0.413. The molecule has 2 heterocycles. The number of aryl methyl sites for hydroxylation is 2. The van der Waals surface area contributed by atoms with E-state index in [2.05, 4.69) is 15.5 Å². The summed E-state index contributed by atoms with van der Waals surface area (Å²) in [4.78, 5) is 27.5. The monoisotopic (exact) mass is 485 g/mol. The SMILES string of the molecule is Cc1nc(-c2ccccc2NC(=O)C2CCN(S(=O)(=O)c3cc([N+](=O)[O-])ccc3C)CC2)no1. The third-order valence-corrected chi connectivity index (χ3v) is 7.82. The maximum absolute atomic E-state index is 13.1. The van der Waals surface area contributed by atoms with E-state index in [1.54, 1.807) is 38.1 Å². The molecule has 1 N–H and O–H groups in total. The van der Waals surface area contributed by atoms with Gasteiger partial charge in [0.25, 0.3) is 5.69 Å². The summed E-state index contributed by atoms with van der Waals surface area (Å²) >= 11 is 0. The summed E-state index contributed by atoms with van der Waals surface area (Å²) in [5.41, 5.74) is 1.30. The Morgan fingerprint density at radius 3 is 2.53 bits per heavy atom. The molecule has 1 fully saturated rings. The molecule has 1 aliphatic heterocycles. The number of piperidine rings is 1. The zero-order chi connectivity index (χ0) is 24.5. The number of hydrogen-bond acceptors (Lipinski definition) is 8. The van der Waals surface area contributed by atoms with Gasteiger partial charge in [0.15, 0.2) is 0 Å². The fourth-order valence-corrected chi connectivity index (χ4v) is 5.62. The van der Waals surface area contributed by atoms with Crippen molar-refractivity contribution < 1.29 is 22.7 Å². The number of nitrogens with zero attached hydrogens (tertiary/aromatic N) is 4. The fourth-order valence-electron chi connectivity index (χ4n) is 3.91. The van der Waals surface area contributed by atoms with Crippen LogP contribution in [0.2, 0.25) is 0 Å². The van der Waals surface area contributed by atoms with Crippen LogP contribution in [0.15, 0.2) is 51.9 Å². The molecule has 1 aliphatic rings. The zero-order valence-electron chi connectivity index (χ0n) is 18.6. The molecule has 1 amide bonds. The first kappa shape index (κ1) is 23.5. The molecule has 2 aromatic carbocycles. The lowest BCUT2D eigenvalue weighted by molar-refractivity contribution is -0.385. The van der Waals surface area contributed by atoms with E-state index < -0.39 is 20.9 Å². The number of carbonyl (C=O) groups is 1. The van der Waals surface area contributed by atoms with Gasteiger partial charge >= 0.3 is 0 Å². The second kappa shape index (κ2) is 9.31. The molecule has 4 rings (SSSR count). The second-order valence-electron chi connectivity index (χ2n) is 8.06. The van der Waals surface area contributed by atoms with Gasteiger partial charge in [-0.05, 0) is 37.5 Å². The molecule has 11 nitrogen and oxygen atoms in total. The molecule has 178 valence electrons. The van der Waals surface area contributed by atoms with E-state index in [9.17, 15) is 23.3 Å². The van der Waals surface area contributed by atoms with Crippen molar-refractivity contribution in [2.24, 2.45) is 5.92 Å². The summed E-state index contributed by atoms with van der Waals surface area (Å²) in [5, 5.41) is 17.9. The number of nitrogens with one attached hydrogen (secondary N) is 1. The van der Waals surface area contributed by atoms with Crippen LogP contribution in [0.5, 0.6) is 0 Å². The Balaban J connectivity index is 1.45. The lowest BCUT2D eigenvalue weighted by atomic mass is 9.97. The number of amides is 1. The van der Waals surface area contributed by atoms with Crippen LogP contribution in [0.25, 0.3) is 11.4 Å². The van der Waals surface area contributed by atoms with Gasteiger partial charge in [0.2, 0.25) is 27.6 Å². The largest absolute Gasteiger partial charge is 0.339 e. The van der Waals surface area contributed by atoms with Crippen molar-refractivity contribution in [1.82, 2.24) is 14.4 Å². The number of nitro benzene ring substituents is 1. The highest BCUT2D eigenvalue weighted by Gasteiger charge is 2.34. The molecule has 0 radical (unpaired) electrons. The summed E-state index contributed by atoms with van der Waals surface area (Å²) in [7, 11) is -3.93. The highest BCUT2D eigenvalue weighted by Crippen LogP contribution is 2.30. The number of benzene rings is 2. The first-order valence-corrected chi connectivity index (χ1v) is 12.1. The highest BCUT2D eigenvalue weighted by molar-refractivity contribution is 7.89. The van der Waals surface area contributed by atoms with E-state index in [0.717, 1.165) is 6.07 Å². The average Bonchev–Trinajstić information content (AvgIpc) is 3.25. The number of rotatable bonds is 6. The number of hydrogen-bond donors (Lipinski definition) is 1. The summed E-state index contributed by atoms with van der Waals surface area (Å²) in [6, 6.07) is 10.9. The van der Waals surface area contributed by atoms with Gasteiger partial charge in [0.05, 0.1) is 15.5 Å². The molecule has 12 heteroatoms. The predicted molar refractivity (Wildman–Crippen MR) is 122 cm³/mol. The van der Waals surface area contributed by atoms with Gasteiger partial charge in [0.1, 0.15) is 0 Å². The molecule has 0 aliphatic carbocycles. The minimum Gasteiger partial charge on any atom is -0.339 e. The van der Waals surface area contributed by atoms with Gasteiger partial charge in [-0.25, -0.2) is 8.42 Å². The van der Waals surface area contributed by atoms with E-state index in [-0.39, 0.29) is 29.6 Å². The van der Waals surface area contributed by atoms with Crippen LogP contribution in [-0.2, 0) is 14.8 Å².